The molecule has 19 heavy (non-hydrogen) atoms. The number of hydrogen-bond acceptors (Lipinski definition) is 5. The van der Waals surface area contributed by atoms with Crippen LogP contribution >= 0.6 is 0 Å². The van der Waals surface area contributed by atoms with E-state index in [1.807, 2.05) is 19.3 Å². The number of aromatic nitrogens is 2. The molecule has 2 heterocycles. The van der Waals surface area contributed by atoms with Gasteiger partial charge in [-0.25, -0.2) is 0 Å². The Morgan fingerprint density at radius 3 is 3.11 bits per heavy atom. The third-order valence-corrected chi connectivity index (χ3v) is 4.79. The van der Waals surface area contributed by atoms with Crippen LogP contribution in [0.5, 0.6) is 0 Å². The van der Waals surface area contributed by atoms with Crippen LogP contribution in [0.2, 0.25) is 0 Å². The molecule has 1 atom stereocenters. The first-order chi connectivity index (χ1) is 9.19. The number of likely N-dealkylation sites (N-methyl/N-ethyl adjacent to an activating group) is 1. The summed E-state index contributed by atoms with van der Waals surface area (Å²) in [5, 5.41) is 4.10. The Labute approximate surface area is 121 Å². The normalized spacial score (nSPS) is 20.0. The second kappa shape index (κ2) is 7.22. The van der Waals surface area contributed by atoms with Gasteiger partial charge in [-0.1, -0.05) is 0 Å². The van der Waals surface area contributed by atoms with E-state index in [4.69, 9.17) is 4.74 Å². The van der Waals surface area contributed by atoms with Crippen molar-refractivity contribution in [2.75, 3.05) is 30.4 Å². The van der Waals surface area contributed by atoms with E-state index in [-0.39, 0.29) is 21.9 Å². The summed E-state index contributed by atoms with van der Waals surface area (Å²) in [5.41, 5.74) is 0. The van der Waals surface area contributed by atoms with Crippen LogP contribution in [0.25, 0.3) is 0 Å². The molecule has 0 aromatic carbocycles. The summed E-state index contributed by atoms with van der Waals surface area (Å²) in [7, 11) is 2.02. The van der Waals surface area contributed by atoms with Crippen molar-refractivity contribution in [3.05, 3.63) is 12.3 Å². The summed E-state index contributed by atoms with van der Waals surface area (Å²) in [6.07, 6.45) is 3.34. The SMILES string of the molecule is CN[C@@H]1CCN(c2ccnc([As]COC(C)C)n2)C1. The monoisotopic (exact) mass is 325 g/mol. The Kier molecular flexibility index (Phi) is 5.61. The fraction of sp³-hybridized carbons (Fsp3) is 0.692. The average Bonchev–Trinajstić information content (AvgIpc) is 2.87. The predicted molar refractivity (Wildman–Crippen MR) is 78.2 cm³/mol. The fourth-order valence-corrected chi connectivity index (χ4v) is 3.74. The predicted octanol–water partition coefficient (Wildman–Crippen LogP) is -0.0133. The van der Waals surface area contributed by atoms with Gasteiger partial charge in [-0.15, -0.1) is 0 Å². The van der Waals surface area contributed by atoms with Crippen LogP contribution in [-0.4, -0.2) is 63.4 Å². The molecule has 0 aliphatic carbocycles. The Hall–Kier alpha value is -0.642. The van der Waals surface area contributed by atoms with Gasteiger partial charge in [0.2, 0.25) is 0 Å². The first-order valence-corrected chi connectivity index (χ1v) is 9.00. The first-order valence-electron chi connectivity index (χ1n) is 6.73. The summed E-state index contributed by atoms with van der Waals surface area (Å²) in [6, 6.07) is 2.59. The summed E-state index contributed by atoms with van der Waals surface area (Å²) in [4.78, 5) is 11.4. The molecule has 2 rings (SSSR count). The van der Waals surface area contributed by atoms with Crippen molar-refractivity contribution in [2.45, 2.75) is 32.4 Å². The maximum absolute atomic E-state index is 5.58. The molecule has 1 aliphatic rings. The van der Waals surface area contributed by atoms with Crippen molar-refractivity contribution in [3.63, 3.8) is 0 Å². The fourth-order valence-electron chi connectivity index (χ4n) is 2.04. The molecule has 0 spiro atoms. The van der Waals surface area contributed by atoms with Gasteiger partial charge >= 0.3 is 121 Å². The van der Waals surface area contributed by atoms with Crippen molar-refractivity contribution < 1.29 is 4.74 Å². The van der Waals surface area contributed by atoms with Gasteiger partial charge < -0.3 is 0 Å². The van der Waals surface area contributed by atoms with E-state index >= 15 is 0 Å². The molecular formula is C13H22AsN4O. The second-order valence-electron chi connectivity index (χ2n) is 4.94. The number of anilines is 1. The van der Waals surface area contributed by atoms with Gasteiger partial charge in [-0.2, -0.15) is 0 Å². The van der Waals surface area contributed by atoms with E-state index in [0.717, 1.165) is 28.9 Å². The molecule has 1 fully saturated rings. The number of hydrogen-bond donors (Lipinski definition) is 1. The summed E-state index contributed by atoms with van der Waals surface area (Å²) in [6.45, 7) is 6.22. The second-order valence-corrected chi connectivity index (χ2v) is 6.98. The molecule has 0 unspecified atom stereocenters. The molecule has 0 amide bonds. The van der Waals surface area contributed by atoms with Gasteiger partial charge in [0.15, 0.2) is 0 Å². The maximum atomic E-state index is 5.58. The molecule has 1 saturated heterocycles. The molecule has 1 radical (unpaired) electrons. The van der Waals surface area contributed by atoms with Crippen molar-refractivity contribution in [3.8, 4) is 0 Å². The Morgan fingerprint density at radius 2 is 2.42 bits per heavy atom. The molecule has 6 heteroatoms. The Balaban J connectivity index is 1.92. The summed E-state index contributed by atoms with van der Waals surface area (Å²) >= 11 is -0.0913. The van der Waals surface area contributed by atoms with Crippen LogP contribution in [0.4, 0.5) is 5.82 Å². The van der Waals surface area contributed by atoms with Crippen molar-refractivity contribution in [1.82, 2.24) is 15.3 Å². The standard InChI is InChI=1S/C13H22AsN4O/c1-10(2)19-9-14-13-16-6-4-12(17-13)18-7-5-11(8-18)15-3/h4,6,10-11,15H,5,7-9H2,1-3H3/t11-/m1/s1. The van der Waals surface area contributed by atoms with Crippen molar-refractivity contribution in [1.29, 1.82) is 0 Å². The number of rotatable bonds is 6. The van der Waals surface area contributed by atoms with E-state index in [0.29, 0.717) is 6.04 Å². The van der Waals surface area contributed by atoms with Crippen LogP contribution < -0.4 is 14.8 Å². The van der Waals surface area contributed by atoms with Crippen molar-refractivity contribution in [2.24, 2.45) is 0 Å². The number of nitrogens with zero attached hydrogens (tertiary/aromatic N) is 3. The summed E-state index contributed by atoms with van der Waals surface area (Å²) in [5.74, 6) is 1.06. The molecule has 1 N–H and O–H groups in total. The van der Waals surface area contributed by atoms with Gasteiger partial charge in [0, 0.05) is 0 Å². The van der Waals surface area contributed by atoms with Crippen LogP contribution in [0.1, 0.15) is 20.3 Å². The molecule has 1 aromatic heterocycles. The molecule has 0 saturated carbocycles. The minimum absolute atomic E-state index is 0.0913. The zero-order valence-corrected chi connectivity index (χ0v) is 13.7. The van der Waals surface area contributed by atoms with Crippen molar-refractivity contribution >= 4 is 26.2 Å². The zero-order valence-electron chi connectivity index (χ0n) is 11.8. The molecular weight excluding hydrogens is 303 g/mol. The minimum atomic E-state index is -0.0913. The molecule has 5 nitrogen and oxygen atoms in total. The molecule has 1 aliphatic heterocycles. The zero-order chi connectivity index (χ0) is 13.7. The van der Waals surface area contributed by atoms with E-state index in [1.54, 1.807) is 0 Å². The number of nitrogens with one attached hydrogen (secondary N) is 1. The van der Waals surface area contributed by atoms with Crippen LogP contribution in [0.15, 0.2) is 12.3 Å². The quantitative estimate of drug-likeness (QED) is 0.746. The topological polar surface area (TPSA) is 50.3 Å². The van der Waals surface area contributed by atoms with Gasteiger partial charge in [0.05, 0.1) is 0 Å². The Bertz CT molecular complexity index is 402. The van der Waals surface area contributed by atoms with Gasteiger partial charge in [0.25, 0.3) is 0 Å². The van der Waals surface area contributed by atoms with E-state index < -0.39 is 0 Å². The third kappa shape index (κ3) is 4.44. The van der Waals surface area contributed by atoms with E-state index in [1.165, 1.54) is 6.42 Å². The third-order valence-electron chi connectivity index (χ3n) is 3.16. The van der Waals surface area contributed by atoms with Crippen LogP contribution in [0.3, 0.4) is 0 Å². The van der Waals surface area contributed by atoms with E-state index in [9.17, 15) is 0 Å². The Morgan fingerprint density at radius 1 is 1.58 bits per heavy atom. The average molecular weight is 325 g/mol. The molecule has 105 valence electrons. The molecule has 0 bridgehead atoms. The van der Waals surface area contributed by atoms with Gasteiger partial charge in [-0.3, -0.25) is 0 Å². The van der Waals surface area contributed by atoms with Crippen LogP contribution in [0, 0.1) is 0 Å². The van der Waals surface area contributed by atoms with Gasteiger partial charge in [0.1, 0.15) is 0 Å². The summed E-state index contributed by atoms with van der Waals surface area (Å²) < 4.78 is 6.54. The van der Waals surface area contributed by atoms with Gasteiger partial charge in [-0.05, 0) is 0 Å². The van der Waals surface area contributed by atoms with Crippen LogP contribution in [-0.2, 0) is 4.74 Å². The van der Waals surface area contributed by atoms with E-state index in [2.05, 4.69) is 34.0 Å². The molecule has 1 aromatic rings. The first kappa shape index (κ1) is 14.8. The number of ether oxygens (including phenoxy) is 1.